The van der Waals surface area contributed by atoms with Gasteiger partial charge in [0.2, 0.25) is 0 Å². The molecule has 0 unspecified atom stereocenters. The smallest absolute Gasteiger partial charge is 0.128 e. The van der Waals surface area contributed by atoms with E-state index < -0.39 is 0 Å². The lowest BCUT2D eigenvalue weighted by molar-refractivity contribution is 0.302. The Labute approximate surface area is 159 Å². The van der Waals surface area contributed by atoms with E-state index in [0.29, 0.717) is 30.1 Å². The van der Waals surface area contributed by atoms with Crippen LogP contribution in [0.2, 0.25) is 0 Å². The summed E-state index contributed by atoms with van der Waals surface area (Å²) >= 11 is 0. The highest BCUT2D eigenvalue weighted by atomic mass is 16.5. The number of benzene rings is 1. The van der Waals surface area contributed by atoms with Crippen LogP contribution in [0, 0.1) is 0 Å². The molecule has 0 aliphatic rings. The fraction of sp³-hybridized carbons (Fsp3) is 0.682. The summed E-state index contributed by atoms with van der Waals surface area (Å²) in [6.07, 6.45) is 15.0. The van der Waals surface area contributed by atoms with Crippen molar-refractivity contribution in [1.29, 1.82) is 0 Å². The molecule has 1 rings (SSSR count). The van der Waals surface area contributed by atoms with Gasteiger partial charge in [0.05, 0.1) is 12.3 Å². The lowest BCUT2D eigenvalue weighted by Crippen LogP contribution is -2.01. The van der Waals surface area contributed by atoms with Gasteiger partial charge < -0.3 is 15.1 Å². The summed E-state index contributed by atoms with van der Waals surface area (Å²) in [5.41, 5.74) is 1.02. The largest absolute Gasteiger partial charge is 0.507 e. The SMILES string of the molecule is CCCCCCCCCCCCCOc1ccc(/C(CC)=N\O)c(O)c1. The third kappa shape index (κ3) is 9.12. The number of aromatic hydroxyl groups is 1. The molecular weight excluding hydrogens is 326 g/mol. The average Bonchev–Trinajstić information content (AvgIpc) is 2.65. The Hall–Kier alpha value is -1.71. The third-order valence-corrected chi connectivity index (χ3v) is 4.75. The predicted molar refractivity (Wildman–Crippen MR) is 109 cm³/mol. The number of hydrogen-bond donors (Lipinski definition) is 2. The first-order valence-electron chi connectivity index (χ1n) is 10.4. The minimum atomic E-state index is 0.0936. The summed E-state index contributed by atoms with van der Waals surface area (Å²) in [7, 11) is 0. The maximum atomic E-state index is 10.0. The van der Waals surface area contributed by atoms with Gasteiger partial charge in [-0.3, -0.25) is 0 Å². The first-order valence-corrected chi connectivity index (χ1v) is 10.4. The van der Waals surface area contributed by atoms with Crippen LogP contribution in [0.25, 0.3) is 0 Å². The number of ether oxygens (including phenoxy) is 1. The van der Waals surface area contributed by atoms with Crippen molar-refractivity contribution >= 4 is 5.71 Å². The normalized spacial score (nSPS) is 11.7. The van der Waals surface area contributed by atoms with Crippen LogP contribution >= 0.6 is 0 Å². The minimum absolute atomic E-state index is 0.0936. The van der Waals surface area contributed by atoms with Crippen LogP contribution < -0.4 is 4.74 Å². The van der Waals surface area contributed by atoms with Crippen LogP contribution in [0.15, 0.2) is 23.4 Å². The van der Waals surface area contributed by atoms with Crippen molar-refractivity contribution in [3.8, 4) is 11.5 Å². The molecule has 148 valence electrons. The quantitative estimate of drug-likeness (QED) is 0.158. The molecule has 0 aliphatic heterocycles. The summed E-state index contributed by atoms with van der Waals surface area (Å²) in [4.78, 5) is 0. The fourth-order valence-corrected chi connectivity index (χ4v) is 3.12. The summed E-state index contributed by atoms with van der Waals surface area (Å²) in [5, 5.41) is 22.2. The first-order chi connectivity index (χ1) is 12.7. The van der Waals surface area contributed by atoms with Crippen molar-refractivity contribution in [1.82, 2.24) is 0 Å². The van der Waals surface area contributed by atoms with Gasteiger partial charge in [-0.15, -0.1) is 0 Å². The maximum Gasteiger partial charge on any atom is 0.128 e. The Morgan fingerprint density at radius 1 is 0.885 bits per heavy atom. The van der Waals surface area contributed by atoms with Gasteiger partial charge in [-0.25, -0.2) is 0 Å². The highest BCUT2D eigenvalue weighted by Crippen LogP contribution is 2.25. The fourth-order valence-electron chi connectivity index (χ4n) is 3.12. The van der Waals surface area contributed by atoms with Crippen LogP contribution in [-0.2, 0) is 0 Å². The second-order valence-electron chi connectivity index (χ2n) is 6.96. The highest BCUT2D eigenvalue weighted by Gasteiger charge is 2.09. The highest BCUT2D eigenvalue weighted by molar-refractivity contribution is 6.02. The molecule has 2 N–H and O–H groups in total. The van der Waals surface area contributed by atoms with Gasteiger partial charge in [-0.05, 0) is 25.0 Å². The van der Waals surface area contributed by atoms with Gasteiger partial charge in [0.15, 0.2) is 0 Å². The molecule has 4 heteroatoms. The van der Waals surface area contributed by atoms with Gasteiger partial charge in [0.1, 0.15) is 11.5 Å². The van der Waals surface area contributed by atoms with Crippen molar-refractivity contribution < 1.29 is 15.1 Å². The van der Waals surface area contributed by atoms with Crippen LogP contribution in [0.3, 0.4) is 0 Å². The van der Waals surface area contributed by atoms with E-state index in [4.69, 9.17) is 9.94 Å². The van der Waals surface area contributed by atoms with E-state index in [1.54, 1.807) is 12.1 Å². The molecule has 0 bridgehead atoms. The van der Waals surface area contributed by atoms with E-state index in [1.165, 1.54) is 64.2 Å². The molecule has 1 aromatic carbocycles. The number of hydrogen-bond acceptors (Lipinski definition) is 4. The van der Waals surface area contributed by atoms with Gasteiger partial charge in [-0.2, -0.15) is 0 Å². The maximum absolute atomic E-state index is 10.0. The van der Waals surface area contributed by atoms with E-state index in [0.717, 1.165) is 6.42 Å². The monoisotopic (exact) mass is 363 g/mol. The topological polar surface area (TPSA) is 62.0 Å². The van der Waals surface area contributed by atoms with E-state index in [2.05, 4.69) is 12.1 Å². The summed E-state index contributed by atoms with van der Waals surface area (Å²) < 4.78 is 5.71. The molecule has 0 aromatic heterocycles. The average molecular weight is 364 g/mol. The van der Waals surface area contributed by atoms with E-state index in [-0.39, 0.29) is 5.75 Å². The Kier molecular flexibility index (Phi) is 12.4. The summed E-state index contributed by atoms with van der Waals surface area (Å²) in [6, 6.07) is 5.15. The standard InChI is InChI=1S/C22H37NO3/c1-3-5-6-7-8-9-10-11-12-13-14-17-26-19-15-16-20(22(24)18-19)21(4-2)23-25/h15-16,18,24-25H,3-14,17H2,1-2H3/b23-21-. The molecule has 0 aliphatic carbocycles. The number of unbranched alkanes of at least 4 members (excludes halogenated alkanes) is 10. The molecule has 26 heavy (non-hydrogen) atoms. The van der Waals surface area contributed by atoms with Crippen LogP contribution in [0.1, 0.15) is 96.5 Å². The number of nitrogens with zero attached hydrogens (tertiary/aromatic N) is 1. The van der Waals surface area contributed by atoms with Crippen molar-refractivity contribution in [2.75, 3.05) is 6.61 Å². The van der Waals surface area contributed by atoms with Gasteiger partial charge in [-0.1, -0.05) is 83.2 Å². The number of oxime groups is 1. The second kappa shape index (κ2) is 14.5. The molecule has 0 atom stereocenters. The van der Waals surface area contributed by atoms with Gasteiger partial charge >= 0.3 is 0 Å². The molecule has 0 fully saturated rings. The van der Waals surface area contributed by atoms with E-state index in [1.807, 2.05) is 13.0 Å². The van der Waals surface area contributed by atoms with Crippen LogP contribution in [0.4, 0.5) is 0 Å². The lowest BCUT2D eigenvalue weighted by Gasteiger charge is -2.09. The molecule has 0 saturated heterocycles. The van der Waals surface area contributed by atoms with Crippen molar-refractivity contribution in [2.45, 2.75) is 90.9 Å². The minimum Gasteiger partial charge on any atom is -0.507 e. The molecule has 0 saturated carbocycles. The Morgan fingerprint density at radius 2 is 1.46 bits per heavy atom. The predicted octanol–water partition coefficient (Wildman–Crippen LogP) is 6.67. The van der Waals surface area contributed by atoms with Gasteiger partial charge in [0.25, 0.3) is 0 Å². The Balaban J connectivity index is 2.09. The van der Waals surface area contributed by atoms with Crippen molar-refractivity contribution in [2.24, 2.45) is 5.16 Å². The third-order valence-electron chi connectivity index (χ3n) is 4.75. The van der Waals surface area contributed by atoms with E-state index >= 15 is 0 Å². The molecule has 0 radical (unpaired) electrons. The van der Waals surface area contributed by atoms with Crippen molar-refractivity contribution in [3.05, 3.63) is 23.8 Å². The molecule has 0 spiro atoms. The summed E-state index contributed by atoms with van der Waals surface area (Å²) in [6.45, 7) is 4.81. The molecule has 0 heterocycles. The van der Waals surface area contributed by atoms with E-state index in [9.17, 15) is 5.11 Å². The zero-order valence-electron chi connectivity index (χ0n) is 16.7. The van der Waals surface area contributed by atoms with Gasteiger partial charge in [0, 0.05) is 11.6 Å². The number of rotatable bonds is 15. The molecular formula is C22H37NO3. The van der Waals surface area contributed by atoms with Crippen LogP contribution in [0.5, 0.6) is 11.5 Å². The first kappa shape index (κ1) is 22.3. The lowest BCUT2D eigenvalue weighted by atomic mass is 10.1. The zero-order chi connectivity index (χ0) is 19.0. The number of phenols is 1. The Bertz CT molecular complexity index is 514. The molecule has 0 amide bonds. The Morgan fingerprint density at radius 3 is 1.96 bits per heavy atom. The van der Waals surface area contributed by atoms with Crippen molar-refractivity contribution in [3.63, 3.8) is 0 Å². The molecule has 4 nitrogen and oxygen atoms in total. The zero-order valence-corrected chi connectivity index (χ0v) is 16.7. The molecule has 1 aromatic rings. The summed E-state index contributed by atoms with van der Waals surface area (Å²) in [5.74, 6) is 0.753. The number of phenolic OH excluding ortho intramolecular Hbond substituents is 1. The second-order valence-corrected chi connectivity index (χ2v) is 6.96. The van der Waals surface area contributed by atoms with Crippen LogP contribution in [-0.4, -0.2) is 22.6 Å².